The number of rotatable bonds is 4. The normalized spacial score (nSPS) is 18.9. The van der Waals surface area contributed by atoms with E-state index in [9.17, 15) is 18.3 Å². The minimum Gasteiger partial charge on any atom is -0.480 e. The van der Waals surface area contributed by atoms with E-state index >= 15 is 0 Å². The summed E-state index contributed by atoms with van der Waals surface area (Å²) in [5.41, 5.74) is 0. The Labute approximate surface area is 130 Å². The molecule has 0 amide bonds. The number of hydrogen-bond donors (Lipinski definition) is 1. The van der Waals surface area contributed by atoms with Crippen LogP contribution in [0.3, 0.4) is 0 Å². The summed E-state index contributed by atoms with van der Waals surface area (Å²) < 4.78 is 25.3. The molecule has 1 unspecified atom stereocenters. The highest BCUT2D eigenvalue weighted by Crippen LogP contribution is 2.32. The van der Waals surface area contributed by atoms with Crippen molar-refractivity contribution in [3.8, 4) is 0 Å². The van der Waals surface area contributed by atoms with Gasteiger partial charge in [-0.2, -0.15) is 0 Å². The molecule has 21 heavy (non-hydrogen) atoms. The predicted octanol–water partition coefficient (Wildman–Crippen LogP) is 3.54. The lowest BCUT2D eigenvalue weighted by Crippen LogP contribution is -2.37. The molecule has 4 nitrogen and oxygen atoms in total. The van der Waals surface area contributed by atoms with Crippen LogP contribution in [0.5, 0.6) is 0 Å². The second-order valence-corrected chi connectivity index (χ2v) is 8.02. The van der Waals surface area contributed by atoms with Gasteiger partial charge < -0.3 is 5.11 Å². The van der Waals surface area contributed by atoms with Crippen LogP contribution < -0.4 is 0 Å². The van der Waals surface area contributed by atoms with Crippen LogP contribution in [0.15, 0.2) is 29.2 Å². The molecule has 1 fully saturated rings. The van der Waals surface area contributed by atoms with Crippen LogP contribution in [0.1, 0.15) is 38.5 Å². The molecule has 0 radical (unpaired) electrons. The Morgan fingerprint density at radius 3 is 2.10 bits per heavy atom. The lowest BCUT2D eigenvalue weighted by Gasteiger charge is -2.22. The van der Waals surface area contributed by atoms with Gasteiger partial charge in [-0.3, -0.25) is 4.79 Å². The van der Waals surface area contributed by atoms with Gasteiger partial charge in [0.1, 0.15) is 0 Å². The van der Waals surface area contributed by atoms with Crippen LogP contribution in [0.2, 0.25) is 5.02 Å². The average Bonchev–Trinajstić information content (AvgIpc) is 2.67. The van der Waals surface area contributed by atoms with Crippen molar-refractivity contribution < 1.29 is 18.3 Å². The molecule has 0 aliphatic heterocycles. The molecule has 1 atom stereocenters. The van der Waals surface area contributed by atoms with Gasteiger partial charge in [-0.05, 0) is 43.0 Å². The first-order chi connectivity index (χ1) is 9.93. The summed E-state index contributed by atoms with van der Waals surface area (Å²) >= 11 is 5.76. The number of carboxylic acids is 1. The molecule has 0 heterocycles. The predicted molar refractivity (Wildman–Crippen MR) is 81.3 cm³/mol. The Kier molecular flexibility index (Phi) is 5.27. The Hall–Kier alpha value is -1.07. The largest absolute Gasteiger partial charge is 0.480 e. The quantitative estimate of drug-likeness (QED) is 0.857. The Morgan fingerprint density at radius 1 is 1.10 bits per heavy atom. The first-order valence-corrected chi connectivity index (χ1v) is 9.07. The molecule has 6 heteroatoms. The van der Waals surface area contributed by atoms with E-state index in [2.05, 4.69) is 0 Å². The summed E-state index contributed by atoms with van der Waals surface area (Å²) in [5.74, 6) is -1.57. The number of carbonyl (C=O) groups is 1. The number of aliphatic carboxylic acids is 1. The third-order valence-corrected chi connectivity index (χ3v) is 6.48. The van der Waals surface area contributed by atoms with E-state index in [4.69, 9.17) is 11.6 Å². The van der Waals surface area contributed by atoms with Crippen LogP contribution in [-0.2, 0) is 14.6 Å². The number of benzene rings is 1. The van der Waals surface area contributed by atoms with E-state index in [0.717, 1.165) is 25.7 Å². The second kappa shape index (κ2) is 6.79. The summed E-state index contributed by atoms with van der Waals surface area (Å²) in [4.78, 5) is 11.6. The van der Waals surface area contributed by atoms with Gasteiger partial charge in [0.05, 0.1) is 4.90 Å². The van der Waals surface area contributed by atoms with Crippen LogP contribution in [0.25, 0.3) is 0 Å². The number of hydrogen-bond acceptors (Lipinski definition) is 3. The van der Waals surface area contributed by atoms with E-state index in [0.29, 0.717) is 17.9 Å². The molecule has 0 saturated heterocycles. The zero-order valence-electron chi connectivity index (χ0n) is 11.7. The zero-order chi connectivity index (χ0) is 15.5. The standard InChI is InChI=1S/C15H19ClO4S/c16-12-7-9-13(10-8-12)21(19,20)14(15(17)18)11-5-3-1-2-4-6-11/h7-11,14H,1-6H2,(H,17,18). The molecule has 0 bridgehead atoms. The Morgan fingerprint density at radius 2 is 1.62 bits per heavy atom. The van der Waals surface area contributed by atoms with Crippen molar-refractivity contribution in [3.63, 3.8) is 0 Å². The van der Waals surface area contributed by atoms with Gasteiger partial charge in [-0.25, -0.2) is 8.42 Å². The molecule has 116 valence electrons. The maximum atomic E-state index is 12.7. The topological polar surface area (TPSA) is 71.4 Å². The first-order valence-electron chi connectivity index (χ1n) is 7.15. The lowest BCUT2D eigenvalue weighted by molar-refractivity contribution is -0.137. The molecule has 0 aromatic heterocycles. The molecular weight excluding hydrogens is 312 g/mol. The summed E-state index contributed by atoms with van der Waals surface area (Å²) in [5, 5.41) is 8.53. The fraction of sp³-hybridized carbons (Fsp3) is 0.533. The number of halogens is 1. The van der Waals surface area contributed by atoms with Crippen molar-refractivity contribution in [2.75, 3.05) is 0 Å². The highest BCUT2D eigenvalue weighted by atomic mass is 35.5. The highest BCUT2D eigenvalue weighted by Gasteiger charge is 2.40. The minimum atomic E-state index is -3.89. The average molecular weight is 331 g/mol. The summed E-state index contributed by atoms with van der Waals surface area (Å²) in [7, 11) is -3.89. The van der Waals surface area contributed by atoms with E-state index < -0.39 is 21.1 Å². The smallest absolute Gasteiger partial charge is 0.322 e. The van der Waals surface area contributed by atoms with Gasteiger partial charge in [-0.1, -0.05) is 37.3 Å². The van der Waals surface area contributed by atoms with Crippen molar-refractivity contribution in [2.45, 2.75) is 48.7 Å². The van der Waals surface area contributed by atoms with Crippen LogP contribution in [0, 0.1) is 5.92 Å². The van der Waals surface area contributed by atoms with Crippen molar-refractivity contribution >= 4 is 27.4 Å². The molecule has 2 rings (SSSR count). The molecule has 1 aromatic rings. The number of carboxylic acid groups (broad SMARTS) is 1. The van der Waals surface area contributed by atoms with Gasteiger partial charge in [0.2, 0.25) is 0 Å². The molecule has 0 spiro atoms. The fourth-order valence-electron chi connectivity index (χ4n) is 2.97. The molecule has 1 aromatic carbocycles. The van der Waals surface area contributed by atoms with Gasteiger partial charge in [0, 0.05) is 5.02 Å². The maximum Gasteiger partial charge on any atom is 0.322 e. The lowest BCUT2D eigenvalue weighted by atomic mass is 9.96. The minimum absolute atomic E-state index is 0.0311. The van der Waals surface area contributed by atoms with Crippen molar-refractivity contribution in [2.24, 2.45) is 5.92 Å². The number of sulfone groups is 1. The SMILES string of the molecule is O=C(O)C(C1CCCCCC1)S(=O)(=O)c1ccc(Cl)cc1. The highest BCUT2D eigenvalue weighted by molar-refractivity contribution is 7.92. The van der Waals surface area contributed by atoms with Gasteiger partial charge in [-0.15, -0.1) is 0 Å². The molecule has 1 saturated carbocycles. The van der Waals surface area contributed by atoms with Crippen LogP contribution in [0.4, 0.5) is 0 Å². The van der Waals surface area contributed by atoms with E-state index in [-0.39, 0.29) is 10.8 Å². The van der Waals surface area contributed by atoms with E-state index in [1.165, 1.54) is 24.3 Å². The first kappa shape index (κ1) is 16.3. The summed E-state index contributed by atoms with van der Waals surface area (Å²) in [6, 6.07) is 5.70. The monoisotopic (exact) mass is 330 g/mol. The van der Waals surface area contributed by atoms with Crippen molar-refractivity contribution in [1.82, 2.24) is 0 Å². The maximum absolute atomic E-state index is 12.7. The zero-order valence-corrected chi connectivity index (χ0v) is 13.2. The van der Waals surface area contributed by atoms with E-state index in [1.807, 2.05) is 0 Å². The molecule has 1 aliphatic rings. The molecule has 1 aliphatic carbocycles. The van der Waals surface area contributed by atoms with Gasteiger partial charge in [0.25, 0.3) is 0 Å². The summed E-state index contributed by atoms with van der Waals surface area (Å²) in [6.45, 7) is 0. The van der Waals surface area contributed by atoms with Gasteiger partial charge in [0.15, 0.2) is 15.1 Å². The Bertz CT molecular complexity index is 587. The second-order valence-electron chi connectivity index (χ2n) is 5.51. The van der Waals surface area contributed by atoms with Crippen LogP contribution >= 0.6 is 11.6 Å². The van der Waals surface area contributed by atoms with Crippen LogP contribution in [-0.4, -0.2) is 24.7 Å². The summed E-state index contributed by atoms with van der Waals surface area (Å²) in [6.07, 6.45) is 5.19. The van der Waals surface area contributed by atoms with E-state index in [1.54, 1.807) is 0 Å². The Balaban J connectivity index is 2.36. The van der Waals surface area contributed by atoms with Gasteiger partial charge >= 0.3 is 5.97 Å². The fourth-order valence-corrected chi connectivity index (χ4v) is 4.95. The third kappa shape index (κ3) is 3.77. The molecule has 1 N–H and O–H groups in total. The van der Waals surface area contributed by atoms with Crippen molar-refractivity contribution in [1.29, 1.82) is 0 Å². The van der Waals surface area contributed by atoms with Crippen molar-refractivity contribution in [3.05, 3.63) is 29.3 Å². The molecular formula is C15H19ClO4S. The third-order valence-electron chi connectivity index (χ3n) is 4.05.